The number of rotatable bonds is 3. The Kier molecular flexibility index (Phi) is 4.82. The smallest absolute Gasteiger partial charge is 0.274 e. The van der Waals surface area contributed by atoms with Gasteiger partial charge >= 0.3 is 0 Å². The summed E-state index contributed by atoms with van der Waals surface area (Å²) in [6.45, 7) is 4.37. The molecule has 0 radical (unpaired) electrons. The molecule has 0 saturated carbocycles. The number of carbonyl (C=O) groups excluding carboxylic acids is 1. The van der Waals surface area contributed by atoms with Gasteiger partial charge in [0.25, 0.3) is 5.91 Å². The monoisotopic (exact) mass is 329 g/mol. The Labute approximate surface area is 141 Å². The fourth-order valence-electron chi connectivity index (χ4n) is 2.88. The van der Waals surface area contributed by atoms with E-state index in [0.29, 0.717) is 22.3 Å². The maximum absolute atomic E-state index is 12.3. The molecule has 1 fully saturated rings. The molecule has 2 aromatic rings. The largest absolute Gasteiger partial charge is 0.370 e. The fraction of sp³-hybridized carbons (Fsp3) is 0.333. The van der Waals surface area contributed by atoms with Gasteiger partial charge in [-0.05, 0) is 43.0 Å². The van der Waals surface area contributed by atoms with Crippen LogP contribution in [0.5, 0.6) is 0 Å². The van der Waals surface area contributed by atoms with Crippen LogP contribution in [0.3, 0.4) is 0 Å². The number of nitrogens with zero attached hydrogens (tertiary/aromatic N) is 2. The highest BCUT2D eigenvalue weighted by Gasteiger charge is 2.17. The lowest BCUT2D eigenvalue weighted by atomic mass is 10.00. The van der Waals surface area contributed by atoms with Crippen molar-refractivity contribution in [2.45, 2.75) is 19.8 Å². The molecule has 1 aliphatic rings. The van der Waals surface area contributed by atoms with E-state index in [2.05, 4.69) is 22.1 Å². The summed E-state index contributed by atoms with van der Waals surface area (Å²) in [6.07, 6.45) is 4.26. The Bertz CT molecular complexity index is 687. The van der Waals surface area contributed by atoms with E-state index in [9.17, 15) is 4.79 Å². The number of benzene rings is 1. The topological polar surface area (TPSA) is 45.2 Å². The lowest BCUT2D eigenvalue weighted by molar-refractivity contribution is 0.102. The van der Waals surface area contributed by atoms with Crippen LogP contribution >= 0.6 is 11.6 Å². The van der Waals surface area contributed by atoms with Crippen LogP contribution in [0.1, 0.15) is 30.3 Å². The highest BCUT2D eigenvalue weighted by molar-refractivity contribution is 6.33. The molecule has 1 amide bonds. The van der Waals surface area contributed by atoms with Gasteiger partial charge in [0.15, 0.2) is 0 Å². The second-order valence-electron chi connectivity index (χ2n) is 6.03. The van der Waals surface area contributed by atoms with Crippen LogP contribution in [0.25, 0.3) is 0 Å². The predicted octanol–water partition coefficient (Wildman–Crippen LogP) is 4.22. The third-order valence-corrected chi connectivity index (χ3v) is 4.45. The number of carbonyl (C=O) groups is 1. The number of piperidine rings is 1. The minimum absolute atomic E-state index is 0.253. The van der Waals surface area contributed by atoms with E-state index >= 15 is 0 Å². The fourth-order valence-corrected chi connectivity index (χ4v) is 3.06. The van der Waals surface area contributed by atoms with E-state index < -0.39 is 0 Å². The zero-order valence-electron chi connectivity index (χ0n) is 13.1. The van der Waals surface area contributed by atoms with E-state index in [4.69, 9.17) is 11.6 Å². The molecule has 120 valence electrons. The minimum Gasteiger partial charge on any atom is -0.370 e. The number of para-hydroxylation sites is 1. The summed E-state index contributed by atoms with van der Waals surface area (Å²) in [5, 5.41) is 3.30. The molecule has 5 heteroatoms. The highest BCUT2D eigenvalue weighted by atomic mass is 35.5. The zero-order chi connectivity index (χ0) is 16.2. The minimum atomic E-state index is -0.253. The Balaban J connectivity index is 1.69. The van der Waals surface area contributed by atoms with Gasteiger partial charge < -0.3 is 10.2 Å². The van der Waals surface area contributed by atoms with E-state index in [1.54, 1.807) is 24.4 Å². The number of pyridine rings is 1. The van der Waals surface area contributed by atoms with Crippen LogP contribution in [0.2, 0.25) is 5.02 Å². The maximum atomic E-state index is 12.3. The van der Waals surface area contributed by atoms with Gasteiger partial charge in [0.2, 0.25) is 0 Å². The number of aromatic nitrogens is 1. The Morgan fingerprint density at radius 2 is 2.13 bits per heavy atom. The number of hydrogen-bond acceptors (Lipinski definition) is 3. The summed E-state index contributed by atoms with van der Waals surface area (Å²) < 4.78 is 0. The van der Waals surface area contributed by atoms with Gasteiger partial charge in [0.05, 0.1) is 22.6 Å². The van der Waals surface area contributed by atoms with Gasteiger partial charge in [0, 0.05) is 13.1 Å². The second kappa shape index (κ2) is 7.01. The highest BCUT2D eigenvalue weighted by Crippen LogP contribution is 2.23. The molecule has 0 spiro atoms. The SMILES string of the molecule is CC1CCCN(c2ccc(C(=O)Nc3ccccc3Cl)nc2)C1. The summed E-state index contributed by atoms with van der Waals surface area (Å²) in [5.74, 6) is 0.448. The van der Waals surface area contributed by atoms with Crippen molar-refractivity contribution in [1.29, 1.82) is 0 Å². The molecular weight excluding hydrogens is 310 g/mol. The van der Waals surface area contributed by atoms with Crippen molar-refractivity contribution in [1.82, 2.24) is 4.98 Å². The molecule has 1 atom stereocenters. The molecule has 0 bridgehead atoms. The van der Waals surface area contributed by atoms with Crippen molar-refractivity contribution in [3.8, 4) is 0 Å². The normalized spacial score (nSPS) is 17.8. The first-order valence-electron chi connectivity index (χ1n) is 7.90. The summed E-state index contributed by atoms with van der Waals surface area (Å²) in [7, 11) is 0. The van der Waals surface area contributed by atoms with Crippen LogP contribution in [0, 0.1) is 5.92 Å². The molecule has 1 aromatic heterocycles. The number of hydrogen-bond donors (Lipinski definition) is 1. The van der Waals surface area contributed by atoms with Crippen molar-refractivity contribution in [3.63, 3.8) is 0 Å². The zero-order valence-corrected chi connectivity index (χ0v) is 13.9. The van der Waals surface area contributed by atoms with E-state index in [0.717, 1.165) is 18.8 Å². The third kappa shape index (κ3) is 3.82. The maximum Gasteiger partial charge on any atom is 0.274 e. The molecule has 0 aliphatic carbocycles. The Hall–Kier alpha value is -2.07. The predicted molar refractivity (Wildman–Crippen MR) is 94.3 cm³/mol. The number of halogens is 1. The molecule has 23 heavy (non-hydrogen) atoms. The number of nitrogens with one attached hydrogen (secondary N) is 1. The van der Waals surface area contributed by atoms with Crippen molar-refractivity contribution in [3.05, 3.63) is 53.3 Å². The first-order valence-corrected chi connectivity index (χ1v) is 8.28. The summed E-state index contributed by atoms with van der Waals surface area (Å²) >= 11 is 6.05. The molecule has 1 aromatic carbocycles. The standard InChI is InChI=1S/C18H20ClN3O/c1-13-5-4-10-22(12-13)14-8-9-17(20-11-14)18(23)21-16-7-3-2-6-15(16)19/h2-3,6-9,11,13H,4-5,10,12H2,1H3,(H,21,23). The van der Waals surface area contributed by atoms with Crippen molar-refractivity contribution >= 4 is 28.9 Å². The van der Waals surface area contributed by atoms with Gasteiger partial charge in [-0.3, -0.25) is 4.79 Å². The van der Waals surface area contributed by atoms with E-state index in [1.165, 1.54) is 12.8 Å². The van der Waals surface area contributed by atoms with Crippen LogP contribution in [0.15, 0.2) is 42.6 Å². The summed E-state index contributed by atoms with van der Waals surface area (Å²) in [5.41, 5.74) is 2.06. The third-order valence-electron chi connectivity index (χ3n) is 4.12. The van der Waals surface area contributed by atoms with E-state index in [-0.39, 0.29) is 5.91 Å². The first-order chi connectivity index (χ1) is 11.1. The number of anilines is 2. The average Bonchev–Trinajstić information content (AvgIpc) is 2.57. The Morgan fingerprint density at radius 1 is 1.30 bits per heavy atom. The molecule has 1 unspecified atom stereocenters. The molecule has 2 heterocycles. The van der Waals surface area contributed by atoms with Crippen LogP contribution < -0.4 is 10.2 Å². The lowest BCUT2D eigenvalue weighted by Gasteiger charge is -2.32. The van der Waals surface area contributed by atoms with Crippen LogP contribution in [0.4, 0.5) is 11.4 Å². The molecular formula is C18H20ClN3O. The molecule has 1 saturated heterocycles. The van der Waals surface area contributed by atoms with Gasteiger partial charge in [-0.2, -0.15) is 0 Å². The average molecular weight is 330 g/mol. The van der Waals surface area contributed by atoms with Gasteiger partial charge in [-0.15, -0.1) is 0 Å². The van der Waals surface area contributed by atoms with Crippen molar-refractivity contribution in [2.75, 3.05) is 23.3 Å². The van der Waals surface area contributed by atoms with Gasteiger partial charge in [-0.1, -0.05) is 30.7 Å². The van der Waals surface area contributed by atoms with E-state index in [1.807, 2.05) is 18.2 Å². The van der Waals surface area contributed by atoms with Crippen molar-refractivity contribution < 1.29 is 4.79 Å². The Morgan fingerprint density at radius 3 is 2.83 bits per heavy atom. The van der Waals surface area contributed by atoms with Gasteiger partial charge in [0.1, 0.15) is 5.69 Å². The quantitative estimate of drug-likeness (QED) is 0.916. The van der Waals surface area contributed by atoms with Crippen molar-refractivity contribution in [2.24, 2.45) is 5.92 Å². The summed E-state index contributed by atoms with van der Waals surface area (Å²) in [6, 6.07) is 10.9. The molecule has 1 aliphatic heterocycles. The van der Waals surface area contributed by atoms with Crippen LogP contribution in [-0.4, -0.2) is 24.0 Å². The van der Waals surface area contributed by atoms with Gasteiger partial charge in [-0.25, -0.2) is 4.98 Å². The second-order valence-corrected chi connectivity index (χ2v) is 6.44. The lowest BCUT2D eigenvalue weighted by Crippen LogP contribution is -2.34. The molecule has 1 N–H and O–H groups in total. The van der Waals surface area contributed by atoms with Crippen LogP contribution in [-0.2, 0) is 0 Å². The molecule has 3 rings (SSSR count). The first kappa shape index (κ1) is 15.8. The summed E-state index contributed by atoms with van der Waals surface area (Å²) in [4.78, 5) is 18.9. The number of amides is 1. The molecule has 4 nitrogen and oxygen atoms in total.